The number of hydrogen-bond acceptors (Lipinski definition) is 2. The zero-order valence-corrected chi connectivity index (χ0v) is 7.63. The number of rotatable bonds is 3. The monoisotopic (exact) mass is 165 g/mol. The minimum Gasteiger partial charge on any atom is -0.496 e. The fraction of sp³-hybridized carbons (Fsp3) is 0.400. The van der Waals surface area contributed by atoms with Crippen LogP contribution in [-0.2, 0) is 6.42 Å². The lowest BCUT2D eigenvalue weighted by Gasteiger charge is -2.06. The van der Waals surface area contributed by atoms with E-state index in [0.29, 0.717) is 6.54 Å². The Bertz CT molecular complexity index is 258. The van der Waals surface area contributed by atoms with Crippen LogP contribution in [0.4, 0.5) is 0 Å². The maximum Gasteiger partial charge on any atom is 0.122 e. The third-order valence-corrected chi connectivity index (χ3v) is 1.91. The van der Waals surface area contributed by atoms with Crippen LogP contribution in [0.2, 0.25) is 0 Å². The molecule has 2 N–H and O–H groups in total. The molecule has 0 radical (unpaired) electrons. The molecule has 0 unspecified atom stereocenters. The topological polar surface area (TPSA) is 35.2 Å². The van der Waals surface area contributed by atoms with Crippen LogP contribution in [0.25, 0.3) is 0 Å². The molecule has 1 rings (SSSR count). The Balaban J connectivity index is 2.89. The van der Waals surface area contributed by atoms with E-state index in [1.807, 2.05) is 13.0 Å². The lowest BCUT2D eigenvalue weighted by atomic mass is 10.1. The van der Waals surface area contributed by atoms with Gasteiger partial charge in [-0.05, 0) is 37.1 Å². The lowest BCUT2D eigenvalue weighted by molar-refractivity contribution is 0.411. The summed E-state index contributed by atoms with van der Waals surface area (Å²) in [5.41, 5.74) is 7.85. The van der Waals surface area contributed by atoms with E-state index in [4.69, 9.17) is 10.5 Å². The summed E-state index contributed by atoms with van der Waals surface area (Å²) in [6.45, 7) is 2.72. The number of nitrogens with two attached hydrogens (primary N) is 1. The van der Waals surface area contributed by atoms with E-state index in [1.54, 1.807) is 7.11 Å². The maximum absolute atomic E-state index is 5.45. The van der Waals surface area contributed by atoms with E-state index in [1.165, 1.54) is 11.1 Å². The molecule has 0 aromatic heterocycles. The van der Waals surface area contributed by atoms with Gasteiger partial charge < -0.3 is 10.5 Å². The van der Waals surface area contributed by atoms with Gasteiger partial charge in [0.25, 0.3) is 0 Å². The summed E-state index contributed by atoms with van der Waals surface area (Å²) in [7, 11) is 1.69. The van der Waals surface area contributed by atoms with Crippen molar-refractivity contribution in [2.24, 2.45) is 5.73 Å². The first kappa shape index (κ1) is 9.07. The molecule has 2 heteroatoms. The van der Waals surface area contributed by atoms with Gasteiger partial charge in [0.2, 0.25) is 0 Å². The largest absolute Gasteiger partial charge is 0.496 e. The van der Waals surface area contributed by atoms with Gasteiger partial charge in [-0.25, -0.2) is 0 Å². The Morgan fingerprint density at radius 2 is 2.17 bits per heavy atom. The van der Waals surface area contributed by atoms with Gasteiger partial charge in [0.1, 0.15) is 5.75 Å². The molecule has 0 bridgehead atoms. The Hall–Kier alpha value is -1.02. The van der Waals surface area contributed by atoms with Gasteiger partial charge in [-0.1, -0.05) is 12.1 Å². The number of aryl methyl sites for hydroxylation is 1. The van der Waals surface area contributed by atoms with Crippen LogP contribution in [0.3, 0.4) is 0 Å². The number of ether oxygens (including phenoxy) is 1. The van der Waals surface area contributed by atoms with Crippen molar-refractivity contribution in [3.8, 4) is 5.75 Å². The molecule has 0 atom stereocenters. The minimum atomic E-state index is 0.687. The first-order valence-corrected chi connectivity index (χ1v) is 4.11. The van der Waals surface area contributed by atoms with Gasteiger partial charge in [0.05, 0.1) is 7.11 Å². The molecule has 0 spiro atoms. The fourth-order valence-corrected chi connectivity index (χ4v) is 1.19. The predicted octanol–water partition coefficient (Wildman–Crippen LogP) is 1.50. The van der Waals surface area contributed by atoms with Gasteiger partial charge >= 0.3 is 0 Å². The van der Waals surface area contributed by atoms with E-state index in [-0.39, 0.29) is 0 Å². The Kier molecular flexibility index (Phi) is 3.11. The molecule has 0 saturated carbocycles. The quantitative estimate of drug-likeness (QED) is 0.736. The average molecular weight is 165 g/mol. The molecule has 0 saturated heterocycles. The molecule has 2 nitrogen and oxygen atoms in total. The number of methoxy groups -OCH3 is 1. The third kappa shape index (κ3) is 1.98. The summed E-state index contributed by atoms with van der Waals surface area (Å²) < 4.78 is 5.19. The van der Waals surface area contributed by atoms with Crippen LogP contribution in [-0.4, -0.2) is 13.7 Å². The van der Waals surface area contributed by atoms with E-state index in [9.17, 15) is 0 Å². The second kappa shape index (κ2) is 4.12. The van der Waals surface area contributed by atoms with Crippen molar-refractivity contribution in [1.82, 2.24) is 0 Å². The highest BCUT2D eigenvalue weighted by Crippen LogP contribution is 2.18. The zero-order chi connectivity index (χ0) is 8.97. The third-order valence-electron chi connectivity index (χ3n) is 1.91. The van der Waals surface area contributed by atoms with E-state index in [2.05, 4.69) is 12.1 Å². The molecular weight excluding hydrogens is 150 g/mol. The van der Waals surface area contributed by atoms with Crippen LogP contribution in [0.15, 0.2) is 18.2 Å². The van der Waals surface area contributed by atoms with Gasteiger partial charge in [-0.2, -0.15) is 0 Å². The Morgan fingerprint density at radius 1 is 1.42 bits per heavy atom. The summed E-state index contributed by atoms with van der Waals surface area (Å²) in [5.74, 6) is 0.945. The SMILES string of the molecule is COc1cc(CCN)ccc1C. The zero-order valence-electron chi connectivity index (χ0n) is 7.63. The van der Waals surface area contributed by atoms with Crippen LogP contribution in [0, 0.1) is 6.92 Å². The highest BCUT2D eigenvalue weighted by atomic mass is 16.5. The van der Waals surface area contributed by atoms with Gasteiger partial charge in [-0.3, -0.25) is 0 Å². The second-order valence-electron chi connectivity index (χ2n) is 2.84. The van der Waals surface area contributed by atoms with E-state index < -0.39 is 0 Å². The first-order valence-electron chi connectivity index (χ1n) is 4.11. The molecule has 0 aliphatic carbocycles. The molecule has 0 aliphatic heterocycles. The van der Waals surface area contributed by atoms with E-state index in [0.717, 1.165) is 12.2 Å². The average Bonchev–Trinajstić information content (AvgIpc) is 2.09. The number of benzene rings is 1. The summed E-state index contributed by atoms with van der Waals surface area (Å²) in [6.07, 6.45) is 0.913. The lowest BCUT2D eigenvalue weighted by Crippen LogP contribution is -2.02. The van der Waals surface area contributed by atoms with Gasteiger partial charge in [0.15, 0.2) is 0 Å². The molecule has 12 heavy (non-hydrogen) atoms. The van der Waals surface area contributed by atoms with Gasteiger partial charge in [0, 0.05) is 0 Å². The highest BCUT2D eigenvalue weighted by Gasteiger charge is 1.98. The summed E-state index contributed by atoms with van der Waals surface area (Å²) >= 11 is 0. The fourth-order valence-electron chi connectivity index (χ4n) is 1.19. The van der Waals surface area contributed by atoms with Crippen molar-refractivity contribution in [1.29, 1.82) is 0 Å². The molecule has 0 fully saturated rings. The summed E-state index contributed by atoms with van der Waals surface area (Å²) in [4.78, 5) is 0. The predicted molar refractivity (Wildman–Crippen MR) is 50.5 cm³/mol. The number of hydrogen-bond donors (Lipinski definition) is 1. The van der Waals surface area contributed by atoms with Gasteiger partial charge in [-0.15, -0.1) is 0 Å². The van der Waals surface area contributed by atoms with Crippen LogP contribution < -0.4 is 10.5 Å². The summed E-state index contributed by atoms with van der Waals surface area (Å²) in [5, 5.41) is 0. The summed E-state index contributed by atoms with van der Waals surface area (Å²) in [6, 6.07) is 6.19. The van der Waals surface area contributed by atoms with Crippen LogP contribution in [0.5, 0.6) is 5.75 Å². The van der Waals surface area contributed by atoms with E-state index >= 15 is 0 Å². The van der Waals surface area contributed by atoms with Crippen molar-refractivity contribution < 1.29 is 4.74 Å². The second-order valence-corrected chi connectivity index (χ2v) is 2.84. The Morgan fingerprint density at radius 3 is 2.75 bits per heavy atom. The van der Waals surface area contributed by atoms with Crippen molar-refractivity contribution >= 4 is 0 Å². The first-order chi connectivity index (χ1) is 5.77. The molecule has 1 aromatic carbocycles. The van der Waals surface area contributed by atoms with Crippen molar-refractivity contribution in [2.45, 2.75) is 13.3 Å². The van der Waals surface area contributed by atoms with Crippen LogP contribution >= 0.6 is 0 Å². The molecule has 0 aliphatic rings. The molecular formula is C10H15NO. The standard InChI is InChI=1S/C10H15NO/c1-8-3-4-9(5-6-11)7-10(8)12-2/h3-4,7H,5-6,11H2,1-2H3. The highest BCUT2D eigenvalue weighted by molar-refractivity contribution is 5.36. The molecule has 0 heterocycles. The molecule has 0 amide bonds. The van der Waals surface area contributed by atoms with Crippen molar-refractivity contribution in [3.63, 3.8) is 0 Å². The van der Waals surface area contributed by atoms with Crippen molar-refractivity contribution in [3.05, 3.63) is 29.3 Å². The minimum absolute atomic E-state index is 0.687. The molecule has 1 aromatic rings. The van der Waals surface area contributed by atoms with Crippen molar-refractivity contribution in [2.75, 3.05) is 13.7 Å². The Labute approximate surface area is 73.3 Å². The normalized spacial score (nSPS) is 9.92. The maximum atomic E-state index is 5.45. The van der Waals surface area contributed by atoms with Crippen LogP contribution in [0.1, 0.15) is 11.1 Å². The molecule has 66 valence electrons. The smallest absolute Gasteiger partial charge is 0.122 e.